The Morgan fingerprint density at radius 2 is 2.07 bits per heavy atom. The number of benzene rings is 1. The van der Waals surface area contributed by atoms with Crippen LogP contribution in [0.3, 0.4) is 0 Å². The van der Waals surface area contributed by atoms with Gasteiger partial charge < -0.3 is 10.5 Å². The molecule has 2 heteroatoms. The molecule has 1 aromatic carbocycles. The van der Waals surface area contributed by atoms with Gasteiger partial charge in [-0.1, -0.05) is 24.3 Å². The van der Waals surface area contributed by atoms with E-state index in [1.54, 1.807) is 0 Å². The van der Waals surface area contributed by atoms with E-state index in [1.807, 2.05) is 32.1 Å². The van der Waals surface area contributed by atoms with E-state index in [9.17, 15) is 0 Å². The molecule has 1 rings (SSSR count). The van der Waals surface area contributed by atoms with Gasteiger partial charge >= 0.3 is 0 Å². The van der Waals surface area contributed by atoms with Crippen molar-refractivity contribution in [2.75, 3.05) is 0 Å². The summed E-state index contributed by atoms with van der Waals surface area (Å²) in [5, 5.41) is 0. The van der Waals surface area contributed by atoms with Crippen molar-refractivity contribution in [3.8, 4) is 5.75 Å². The van der Waals surface area contributed by atoms with Crippen molar-refractivity contribution in [2.24, 2.45) is 5.73 Å². The Balaban J connectivity index is 3.07. The first-order chi connectivity index (χ1) is 7.19. The van der Waals surface area contributed by atoms with Gasteiger partial charge in [0.1, 0.15) is 5.75 Å². The van der Waals surface area contributed by atoms with E-state index in [-0.39, 0.29) is 6.10 Å². The van der Waals surface area contributed by atoms with Crippen LogP contribution in [0, 0.1) is 0 Å². The topological polar surface area (TPSA) is 35.2 Å². The second-order valence-corrected chi connectivity index (χ2v) is 3.77. The summed E-state index contributed by atoms with van der Waals surface area (Å²) in [5.41, 5.74) is 7.90. The summed E-state index contributed by atoms with van der Waals surface area (Å²) in [5.74, 6) is 0.926. The van der Waals surface area contributed by atoms with Crippen molar-refractivity contribution in [3.05, 3.63) is 42.0 Å². The smallest absolute Gasteiger partial charge is 0.127 e. The van der Waals surface area contributed by atoms with Crippen LogP contribution in [0.5, 0.6) is 5.75 Å². The molecule has 1 aromatic rings. The zero-order chi connectivity index (χ0) is 11.3. The number of para-hydroxylation sites is 1. The molecule has 0 aliphatic heterocycles. The Labute approximate surface area is 91.7 Å². The third-order valence-electron chi connectivity index (χ3n) is 2.12. The molecule has 0 aliphatic carbocycles. The Morgan fingerprint density at radius 3 is 2.60 bits per heavy atom. The molecule has 0 saturated carbocycles. The zero-order valence-corrected chi connectivity index (χ0v) is 9.49. The summed E-state index contributed by atoms with van der Waals surface area (Å²) in [6.07, 6.45) is 2.86. The summed E-state index contributed by atoms with van der Waals surface area (Å²) < 4.78 is 5.79. The summed E-state index contributed by atoms with van der Waals surface area (Å²) in [7, 11) is 0. The van der Waals surface area contributed by atoms with E-state index >= 15 is 0 Å². The normalized spacial score (nSPS) is 10.4. The molecular weight excluding hydrogens is 186 g/mol. The lowest BCUT2D eigenvalue weighted by atomic mass is 10.1. The Kier molecular flexibility index (Phi) is 4.37. The largest absolute Gasteiger partial charge is 0.490 e. The highest BCUT2D eigenvalue weighted by molar-refractivity contribution is 5.42. The lowest BCUT2D eigenvalue weighted by Gasteiger charge is -2.16. The monoisotopic (exact) mass is 205 g/mol. The van der Waals surface area contributed by atoms with E-state index in [0.717, 1.165) is 23.3 Å². The fourth-order valence-electron chi connectivity index (χ4n) is 1.50. The van der Waals surface area contributed by atoms with Crippen LogP contribution < -0.4 is 10.5 Å². The van der Waals surface area contributed by atoms with Gasteiger partial charge in [0.25, 0.3) is 0 Å². The van der Waals surface area contributed by atoms with E-state index in [4.69, 9.17) is 10.5 Å². The fraction of sp³-hybridized carbons (Fsp3) is 0.385. The average molecular weight is 205 g/mol. The van der Waals surface area contributed by atoms with E-state index in [0.29, 0.717) is 6.54 Å². The van der Waals surface area contributed by atoms with Crippen LogP contribution in [-0.4, -0.2) is 6.10 Å². The van der Waals surface area contributed by atoms with Crippen molar-refractivity contribution >= 4 is 0 Å². The predicted octanol–water partition coefficient (Wildman–Crippen LogP) is 2.66. The van der Waals surface area contributed by atoms with E-state index in [2.05, 4.69) is 12.6 Å². The first kappa shape index (κ1) is 11.8. The molecule has 0 fully saturated rings. The standard InChI is InChI=1S/C13H19NO/c1-4-6-11-7-5-8-12(9-14)13(11)15-10(2)3/h4-5,7-8,10H,1,6,9,14H2,2-3H3. The van der Waals surface area contributed by atoms with Crippen molar-refractivity contribution in [1.82, 2.24) is 0 Å². The lowest BCUT2D eigenvalue weighted by Crippen LogP contribution is -2.11. The molecule has 0 heterocycles. The van der Waals surface area contributed by atoms with Crippen LogP contribution in [0.25, 0.3) is 0 Å². The van der Waals surface area contributed by atoms with Crippen LogP contribution in [0.1, 0.15) is 25.0 Å². The third kappa shape index (κ3) is 3.10. The summed E-state index contributed by atoms with van der Waals surface area (Å²) in [6.45, 7) is 8.29. The van der Waals surface area contributed by atoms with Crippen LogP contribution in [0.2, 0.25) is 0 Å². The van der Waals surface area contributed by atoms with Gasteiger partial charge in [-0.3, -0.25) is 0 Å². The minimum Gasteiger partial charge on any atom is -0.490 e. The fourth-order valence-corrected chi connectivity index (χ4v) is 1.50. The maximum absolute atomic E-state index is 5.79. The van der Waals surface area contributed by atoms with Gasteiger partial charge in [0.15, 0.2) is 0 Å². The van der Waals surface area contributed by atoms with Gasteiger partial charge in [-0.25, -0.2) is 0 Å². The molecule has 0 spiro atoms. The van der Waals surface area contributed by atoms with Crippen molar-refractivity contribution in [1.29, 1.82) is 0 Å². The lowest BCUT2D eigenvalue weighted by molar-refractivity contribution is 0.238. The minimum atomic E-state index is 0.168. The molecule has 0 bridgehead atoms. The molecule has 2 nitrogen and oxygen atoms in total. The number of rotatable bonds is 5. The van der Waals surface area contributed by atoms with Gasteiger partial charge in [0.05, 0.1) is 6.10 Å². The van der Waals surface area contributed by atoms with Crippen LogP contribution in [-0.2, 0) is 13.0 Å². The third-order valence-corrected chi connectivity index (χ3v) is 2.12. The van der Waals surface area contributed by atoms with E-state index in [1.165, 1.54) is 0 Å². The molecule has 0 unspecified atom stereocenters. The maximum atomic E-state index is 5.79. The first-order valence-corrected chi connectivity index (χ1v) is 5.27. The second-order valence-electron chi connectivity index (χ2n) is 3.77. The highest BCUT2D eigenvalue weighted by atomic mass is 16.5. The van der Waals surface area contributed by atoms with Crippen LogP contribution in [0.4, 0.5) is 0 Å². The minimum absolute atomic E-state index is 0.168. The van der Waals surface area contributed by atoms with Crippen LogP contribution >= 0.6 is 0 Å². The number of hydrogen-bond acceptors (Lipinski definition) is 2. The predicted molar refractivity (Wildman–Crippen MR) is 64.0 cm³/mol. The van der Waals surface area contributed by atoms with Gasteiger partial charge in [-0.05, 0) is 25.8 Å². The van der Waals surface area contributed by atoms with Crippen molar-refractivity contribution in [2.45, 2.75) is 32.9 Å². The molecule has 15 heavy (non-hydrogen) atoms. The molecule has 0 aromatic heterocycles. The molecule has 2 N–H and O–H groups in total. The number of allylic oxidation sites excluding steroid dienone is 1. The van der Waals surface area contributed by atoms with Gasteiger partial charge in [-0.15, -0.1) is 6.58 Å². The molecule has 0 aliphatic rings. The highest BCUT2D eigenvalue weighted by Gasteiger charge is 2.09. The number of hydrogen-bond donors (Lipinski definition) is 1. The summed E-state index contributed by atoms with van der Waals surface area (Å²) >= 11 is 0. The van der Waals surface area contributed by atoms with E-state index < -0.39 is 0 Å². The van der Waals surface area contributed by atoms with Crippen LogP contribution in [0.15, 0.2) is 30.9 Å². The first-order valence-electron chi connectivity index (χ1n) is 5.27. The summed E-state index contributed by atoms with van der Waals surface area (Å²) in [6, 6.07) is 6.07. The molecular formula is C13H19NO. The molecule has 0 atom stereocenters. The number of ether oxygens (including phenoxy) is 1. The zero-order valence-electron chi connectivity index (χ0n) is 9.49. The van der Waals surface area contributed by atoms with Crippen molar-refractivity contribution in [3.63, 3.8) is 0 Å². The highest BCUT2D eigenvalue weighted by Crippen LogP contribution is 2.25. The Bertz CT molecular complexity index is 331. The Morgan fingerprint density at radius 1 is 1.40 bits per heavy atom. The SMILES string of the molecule is C=CCc1cccc(CN)c1OC(C)C. The number of nitrogens with two attached hydrogens (primary N) is 1. The molecule has 82 valence electrons. The molecule has 0 radical (unpaired) electrons. The quantitative estimate of drug-likeness (QED) is 0.750. The van der Waals surface area contributed by atoms with Crippen molar-refractivity contribution < 1.29 is 4.74 Å². The van der Waals surface area contributed by atoms with Gasteiger partial charge in [0.2, 0.25) is 0 Å². The molecule has 0 saturated heterocycles. The second kappa shape index (κ2) is 5.56. The van der Waals surface area contributed by atoms with Gasteiger partial charge in [0, 0.05) is 12.1 Å². The van der Waals surface area contributed by atoms with Gasteiger partial charge in [-0.2, -0.15) is 0 Å². The maximum Gasteiger partial charge on any atom is 0.127 e. The average Bonchev–Trinajstić information content (AvgIpc) is 2.20. The Hall–Kier alpha value is -1.28. The summed E-state index contributed by atoms with van der Waals surface area (Å²) in [4.78, 5) is 0. The molecule has 0 amide bonds.